The van der Waals surface area contributed by atoms with Gasteiger partial charge in [-0.25, -0.2) is 23.7 Å². The minimum absolute atomic E-state index is 0.0158. The lowest BCUT2D eigenvalue weighted by atomic mass is 9.90. The van der Waals surface area contributed by atoms with Crippen molar-refractivity contribution < 1.29 is 32.6 Å². The van der Waals surface area contributed by atoms with E-state index in [0.717, 1.165) is 44.2 Å². The molecule has 1 saturated heterocycles. The van der Waals surface area contributed by atoms with E-state index in [4.69, 9.17) is 14.2 Å². The van der Waals surface area contributed by atoms with E-state index in [-0.39, 0.29) is 48.4 Å². The van der Waals surface area contributed by atoms with E-state index in [2.05, 4.69) is 25.2 Å². The number of pyridine rings is 1. The lowest BCUT2D eigenvalue weighted by Crippen LogP contribution is -2.38. The molecule has 0 aliphatic carbocycles. The number of anilines is 3. The largest absolute Gasteiger partial charge is 0.486 e. The number of amides is 2. The van der Waals surface area contributed by atoms with Crippen LogP contribution in [-0.2, 0) is 9.47 Å². The van der Waals surface area contributed by atoms with E-state index in [1.165, 1.54) is 11.0 Å². The number of carbonyl (C=O) groups excluding carboxylic acids is 2. The highest BCUT2D eigenvalue weighted by molar-refractivity contribution is 6.21. The highest BCUT2D eigenvalue weighted by atomic mass is 19.1. The second-order valence-corrected chi connectivity index (χ2v) is 13.6. The summed E-state index contributed by atoms with van der Waals surface area (Å²) in [5.74, 6) is -0.554. The molecule has 3 aliphatic rings. The van der Waals surface area contributed by atoms with Gasteiger partial charge < -0.3 is 29.3 Å². The number of nitrogens with zero attached hydrogens (tertiary/aromatic N) is 6. The molecule has 0 radical (unpaired) electrons. The summed E-state index contributed by atoms with van der Waals surface area (Å²) in [6, 6.07) is 13.8. The summed E-state index contributed by atoms with van der Waals surface area (Å²) in [5, 5.41) is 3.06. The Labute approximate surface area is 307 Å². The lowest BCUT2D eigenvalue weighted by Gasteiger charge is -2.34. The fourth-order valence-corrected chi connectivity index (χ4v) is 7.04. The second kappa shape index (κ2) is 16.3. The number of nitrogens with one attached hydrogen (secondary N) is 1. The van der Waals surface area contributed by atoms with Gasteiger partial charge in [0, 0.05) is 24.3 Å². The minimum atomic E-state index is -0.660. The highest BCUT2D eigenvalue weighted by Gasteiger charge is 2.34. The molecule has 2 aromatic carbocycles. The molecule has 14 heteroatoms. The third-order valence-corrected chi connectivity index (χ3v) is 9.90. The molecule has 0 unspecified atom stereocenters. The zero-order valence-electron chi connectivity index (χ0n) is 29.9. The maximum atomic E-state index is 15.1. The van der Waals surface area contributed by atoms with Crippen LogP contribution in [0, 0.1) is 11.6 Å². The first-order valence-corrected chi connectivity index (χ1v) is 18.1. The molecule has 7 rings (SSSR count). The number of halogens is 2. The number of fused-ring (bicyclic) bond motifs is 2. The van der Waals surface area contributed by atoms with Crippen LogP contribution in [0.5, 0.6) is 5.75 Å². The number of rotatable bonds is 14. The Kier molecular flexibility index (Phi) is 11.2. The van der Waals surface area contributed by atoms with E-state index in [9.17, 15) is 14.0 Å². The fourth-order valence-electron chi connectivity index (χ4n) is 7.04. The Bertz CT molecular complexity index is 1900. The van der Waals surface area contributed by atoms with Crippen LogP contribution in [0.2, 0.25) is 0 Å². The molecule has 1 fully saturated rings. The Morgan fingerprint density at radius 2 is 1.58 bits per heavy atom. The fraction of sp³-hybridized carbons (Fsp3) is 0.410. The number of hydrogen-bond donors (Lipinski definition) is 1. The predicted molar refractivity (Wildman–Crippen MR) is 195 cm³/mol. The van der Waals surface area contributed by atoms with E-state index in [1.807, 2.05) is 37.1 Å². The number of imide groups is 1. The van der Waals surface area contributed by atoms with E-state index < -0.39 is 11.6 Å². The average molecular weight is 728 g/mol. The van der Waals surface area contributed by atoms with Gasteiger partial charge in [-0.2, -0.15) is 0 Å². The molecule has 0 saturated carbocycles. The van der Waals surface area contributed by atoms with E-state index >= 15 is 4.39 Å². The first-order valence-electron chi connectivity index (χ1n) is 18.1. The molecule has 2 amide bonds. The molecule has 278 valence electrons. The SMILES string of the molecule is CC(C)N1CCOc2c(F)cc(-c3nc(Nc4ccc(C5CCN(CCOCCOCCN6C(=O)c7ccccc7C6=O)CC5)cn4)ncc3F)cc21. The standard InChI is InChI=1S/C39H43F2N7O5/c1-25(2)47-15-18-53-36-31(40)21-28(22-33(36)47)35-32(41)24-43-39(45-35)44-34-8-7-27(23-42-34)26-9-11-46(12-10-26)13-16-51-19-20-52-17-14-48-37(49)29-5-3-4-6-30(29)38(48)50/h3-8,21-26H,9-20H2,1-2H3,(H,42,43,44,45). The molecular weight excluding hydrogens is 684 g/mol. The van der Waals surface area contributed by atoms with Crippen molar-refractivity contribution in [2.24, 2.45) is 0 Å². The molecular formula is C39H43F2N7O5. The number of aromatic nitrogens is 3. The van der Waals surface area contributed by atoms with Gasteiger partial charge in [-0.15, -0.1) is 0 Å². The van der Waals surface area contributed by atoms with Crippen LogP contribution in [0.1, 0.15) is 58.9 Å². The number of ether oxygens (including phenoxy) is 3. The highest BCUT2D eigenvalue weighted by Crippen LogP contribution is 2.39. The summed E-state index contributed by atoms with van der Waals surface area (Å²) in [4.78, 5) is 43.6. The van der Waals surface area contributed by atoms with Gasteiger partial charge in [-0.3, -0.25) is 14.5 Å². The van der Waals surface area contributed by atoms with Gasteiger partial charge in [0.15, 0.2) is 17.4 Å². The Hall–Kier alpha value is -5.05. The Morgan fingerprint density at radius 3 is 2.26 bits per heavy atom. The first-order chi connectivity index (χ1) is 25.8. The second-order valence-electron chi connectivity index (χ2n) is 13.6. The molecule has 5 heterocycles. The van der Waals surface area contributed by atoms with Gasteiger partial charge in [0.05, 0.1) is 62.5 Å². The van der Waals surface area contributed by atoms with Crippen molar-refractivity contribution in [3.63, 3.8) is 0 Å². The van der Waals surface area contributed by atoms with Crippen molar-refractivity contribution in [2.75, 3.05) is 76.0 Å². The number of piperidine rings is 1. The van der Waals surface area contributed by atoms with Crippen LogP contribution in [0.15, 0.2) is 60.9 Å². The minimum Gasteiger partial charge on any atom is -0.486 e. The number of hydrogen-bond acceptors (Lipinski definition) is 11. The van der Waals surface area contributed by atoms with Gasteiger partial charge in [0.1, 0.15) is 18.1 Å². The van der Waals surface area contributed by atoms with Crippen molar-refractivity contribution in [1.82, 2.24) is 24.8 Å². The van der Waals surface area contributed by atoms with Crippen molar-refractivity contribution in [2.45, 2.75) is 38.6 Å². The number of likely N-dealkylation sites (tertiary alicyclic amines) is 1. The molecule has 0 spiro atoms. The third-order valence-electron chi connectivity index (χ3n) is 9.90. The summed E-state index contributed by atoms with van der Waals surface area (Å²) in [7, 11) is 0. The third kappa shape index (κ3) is 8.14. The summed E-state index contributed by atoms with van der Waals surface area (Å²) < 4.78 is 47.0. The average Bonchev–Trinajstić information content (AvgIpc) is 3.41. The molecule has 1 N–H and O–H groups in total. The van der Waals surface area contributed by atoms with Gasteiger partial charge >= 0.3 is 0 Å². The van der Waals surface area contributed by atoms with E-state index in [0.29, 0.717) is 67.1 Å². The number of benzene rings is 2. The zero-order valence-corrected chi connectivity index (χ0v) is 29.9. The van der Waals surface area contributed by atoms with Gasteiger partial charge in [0.2, 0.25) is 5.95 Å². The summed E-state index contributed by atoms with van der Waals surface area (Å²) in [6.07, 6.45) is 4.92. The maximum Gasteiger partial charge on any atom is 0.261 e. The number of carbonyl (C=O) groups is 2. The van der Waals surface area contributed by atoms with Crippen molar-refractivity contribution in [3.05, 3.63) is 89.2 Å². The molecule has 3 aliphatic heterocycles. The smallest absolute Gasteiger partial charge is 0.261 e. The van der Waals surface area contributed by atoms with Crippen LogP contribution in [-0.4, -0.2) is 108 Å². The Morgan fingerprint density at radius 1 is 0.868 bits per heavy atom. The van der Waals surface area contributed by atoms with Crippen molar-refractivity contribution in [1.29, 1.82) is 0 Å². The summed E-state index contributed by atoms with van der Waals surface area (Å²) in [5.41, 5.74) is 2.88. The monoisotopic (exact) mass is 727 g/mol. The Balaban J connectivity index is 0.828. The van der Waals surface area contributed by atoms with Gasteiger partial charge in [-0.1, -0.05) is 18.2 Å². The lowest BCUT2D eigenvalue weighted by molar-refractivity contribution is 0.0282. The molecule has 12 nitrogen and oxygen atoms in total. The van der Waals surface area contributed by atoms with Crippen LogP contribution in [0.4, 0.5) is 26.2 Å². The van der Waals surface area contributed by atoms with Crippen LogP contribution < -0.4 is 15.0 Å². The van der Waals surface area contributed by atoms with Gasteiger partial charge in [0.25, 0.3) is 11.8 Å². The van der Waals surface area contributed by atoms with Crippen LogP contribution in [0.3, 0.4) is 0 Å². The maximum absolute atomic E-state index is 15.1. The topological polar surface area (TPSA) is 122 Å². The molecule has 0 atom stereocenters. The zero-order chi connectivity index (χ0) is 36.9. The molecule has 53 heavy (non-hydrogen) atoms. The molecule has 0 bridgehead atoms. The normalized spacial score (nSPS) is 16.2. The van der Waals surface area contributed by atoms with E-state index in [1.54, 1.807) is 30.3 Å². The first kappa shape index (κ1) is 36.3. The quantitative estimate of drug-likeness (QED) is 0.128. The summed E-state index contributed by atoms with van der Waals surface area (Å²) >= 11 is 0. The van der Waals surface area contributed by atoms with Crippen molar-refractivity contribution in [3.8, 4) is 17.0 Å². The van der Waals surface area contributed by atoms with Crippen LogP contribution in [0.25, 0.3) is 11.3 Å². The van der Waals surface area contributed by atoms with Crippen LogP contribution >= 0.6 is 0 Å². The predicted octanol–water partition coefficient (Wildman–Crippen LogP) is 5.68. The van der Waals surface area contributed by atoms with Crippen molar-refractivity contribution >= 4 is 29.3 Å². The molecule has 2 aromatic heterocycles. The molecule has 4 aromatic rings. The van der Waals surface area contributed by atoms with Gasteiger partial charge in [-0.05, 0) is 81.6 Å². The summed E-state index contributed by atoms with van der Waals surface area (Å²) in [6.45, 7) is 9.63.